The van der Waals surface area contributed by atoms with E-state index in [0.717, 1.165) is 32.6 Å². The number of aromatic nitrogens is 2. The number of ether oxygens (including phenoxy) is 2. The fraction of sp³-hybridized carbons (Fsp3) is 0.100. The minimum Gasteiger partial charge on any atom is -0.497 e. The molecule has 1 atom stereocenters. The Morgan fingerprint density at radius 2 is 2.04 bits per heavy atom. The van der Waals surface area contributed by atoms with Gasteiger partial charge in [0.15, 0.2) is 0 Å². The molecular weight excluding hydrogens is 408 g/mol. The Morgan fingerprint density at radius 1 is 1.26 bits per heavy atom. The molecule has 0 saturated carbocycles. The topological polar surface area (TPSA) is 97.0 Å². The summed E-state index contributed by atoms with van der Waals surface area (Å²) in [5, 5.41) is 17.0. The number of H-pyrrole nitrogens is 1. The van der Waals surface area contributed by atoms with E-state index in [2.05, 4.69) is 32.2 Å². The zero-order valence-corrected chi connectivity index (χ0v) is 15.9. The van der Waals surface area contributed by atoms with E-state index in [9.17, 15) is 5.26 Å². The Morgan fingerprint density at radius 3 is 2.70 bits per heavy atom. The minimum atomic E-state index is -0.382. The summed E-state index contributed by atoms with van der Waals surface area (Å²) in [5.74, 6) is 0.825. The first-order valence-corrected chi connectivity index (χ1v) is 8.97. The molecule has 0 spiro atoms. The number of allylic oxidation sites excluding steroid dienone is 1. The lowest BCUT2D eigenvalue weighted by atomic mass is 9.83. The molecule has 2 heterocycles. The molecule has 1 unspecified atom stereocenters. The third kappa shape index (κ3) is 2.94. The first-order chi connectivity index (χ1) is 13.1. The average Bonchev–Trinajstić information content (AvgIpc) is 3.10. The number of nitrogens with zero attached hydrogens (tertiary/aromatic N) is 2. The van der Waals surface area contributed by atoms with Gasteiger partial charge in [-0.3, -0.25) is 5.10 Å². The van der Waals surface area contributed by atoms with Crippen LogP contribution >= 0.6 is 15.9 Å². The van der Waals surface area contributed by atoms with Gasteiger partial charge in [0.25, 0.3) is 0 Å². The van der Waals surface area contributed by atoms with Crippen molar-refractivity contribution in [3.05, 3.63) is 75.6 Å². The summed E-state index contributed by atoms with van der Waals surface area (Å²) in [5.41, 5.74) is 9.75. The highest BCUT2D eigenvalue weighted by Gasteiger charge is 2.35. The molecule has 0 fully saturated rings. The van der Waals surface area contributed by atoms with E-state index in [0.29, 0.717) is 11.5 Å². The van der Waals surface area contributed by atoms with Gasteiger partial charge in [-0.2, -0.15) is 5.26 Å². The number of hydrogen-bond acceptors (Lipinski definition) is 5. The lowest BCUT2D eigenvalue weighted by Gasteiger charge is -2.24. The van der Waals surface area contributed by atoms with Gasteiger partial charge in [-0.05, 0) is 42.0 Å². The molecule has 0 radical (unpaired) electrons. The van der Waals surface area contributed by atoms with Gasteiger partial charge in [0, 0.05) is 10.0 Å². The van der Waals surface area contributed by atoms with E-state index in [1.807, 2.05) is 48.5 Å². The van der Waals surface area contributed by atoms with Crippen LogP contribution in [-0.4, -0.2) is 17.3 Å². The fourth-order valence-corrected chi connectivity index (χ4v) is 3.66. The number of methoxy groups -OCH3 is 1. The van der Waals surface area contributed by atoms with Crippen molar-refractivity contribution >= 4 is 15.9 Å². The van der Waals surface area contributed by atoms with Crippen molar-refractivity contribution in [1.82, 2.24) is 10.2 Å². The second kappa shape index (κ2) is 6.82. The molecule has 27 heavy (non-hydrogen) atoms. The third-order valence-corrected chi connectivity index (χ3v) is 4.99. The summed E-state index contributed by atoms with van der Waals surface area (Å²) in [7, 11) is 1.62. The Bertz CT molecular complexity index is 1080. The van der Waals surface area contributed by atoms with Crippen LogP contribution in [0.3, 0.4) is 0 Å². The van der Waals surface area contributed by atoms with Crippen LogP contribution in [0.25, 0.3) is 11.3 Å². The van der Waals surface area contributed by atoms with Crippen molar-refractivity contribution in [2.24, 2.45) is 5.73 Å². The first kappa shape index (κ1) is 17.2. The number of rotatable bonds is 3. The van der Waals surface area contributed by atoms with Crippen LogP contribution in [0.5, 0.6) is 11.6 Å². The maximum Gasteiger partial charge on any atom is 0.244 e. The highest BCUT2D eigenvalue weighted by atomic mass is 79.9. The van der Waals surface area contributed by atoms with E-state index in [1.165, 1.54) is 0 Å². The third-order valence-electron chi connectivity index (χ3n) is 4.50. The number of hydrogen-bond donors (Lipinski definition) is 2. The number of nitrogens with two attached hydrogens (primary N) is 1. The summed E-state index contributed by atoms with van der Waals surface area (Å²) >= 11 is 3.50. The van der Waals surface area contributed by atoms with Crippen LogP contribution in [0, 0.1) is 11.3 Å². The monoisotopic (exact) mass is 422 g/mol. The molecule has 4 rings (SSSR count). The van der Waals surface area contributed by atoms with Crippen LogP contribution in [0.2, 0.25) is 0 Å². The summed E-state index contributed by atoms with van der Waals surface area (Å²) in [6.07, 6.45) is 0. The number of nitrogens with one attached hydrogen (secondary N) is 1. The number of nitriles is 1. The predicted octanol–water partition coefficient (Wildman–Crippen LogP) is 4.07. The van der Waals surface area contributed by atoms with Crippen molar-refractivity contribution in [3.63, 3.8) is 0 Å². The van der Waals surface area contributed by atoms with Gasteiger partial charge in [-0.25, -0.2) is 0 Å². The summed E-state index contributed by atoms with van der Waals surface area (Å²) in [6, 6.07) is 17.6. The first-order valence-electron chi connectivity index (χ1n) is 8.18. The van der Waals surface area contributed by atoms with Gasteiger partial charge in [-0.15, -0.1) is 5.10 Å². The zero-order valence-electron chi connectivity index (χ0n) is 14.4. The Labute approximate surface area is 164 Å². The van der Waals surface area contributed by atoms with Crippen LogP contribution in [0.1, 0.15) is 17.0 Å². The van der Waals surface area contributed by atoms with Gasteiger partial charge < -0.3 is 15.2 Å². The van der Waals surface area contributed by atoms with Crippen molar-refractivity contribution in [2.45, 2.75) is 5.92 Å². The van der Waals surface area contributed by atoms with Gasteiger partial charge in [0.2, 0.25) is 11.8 Å². The van der Waals surface area contributed by atoms with Crippen molar-refractivity contribution in [2.75, 3.05) is 7.11 Å². The zero-order chi connectivity index (χ0) is 19.0. The summed E-state index contributed by atoms with van der Waals surface area (Å²) in [4.78, 5) is 0. The van der Waals surface area contributed by atoms with E-state index >= 15 is 0 Å². The quantitative estimate of drug-likeness (QED) is 0.662. The van der Waals surface area contributed by atoms with E-state index in [-0.39, 0.29) is 11.8 Å². The van der Waals surface area contributed by atoms with Gasteiger partial charge in [0.1, 0.15) is 17.4 Å². The number of aromatic amines is 1. The minimum absolute atomic E-state index is 0.0720. The summed E-state index contributed by atoms with van der Waals surface area (Å²) in [6.45, 7) is 0. The van der Waals surface area contributed by atoms with E-state index in [1.54, 1.807) is 7.11 Å². The second-order valence-electron chi connectivity index (χ2n) is 6.03. The number of fused-ring (bicyclic) bond motifs is 1. The summed E-state index contributed by atoms with van der Waals surface area (Å²) < 4.78 is 11.8. The molecule has 6 nitrogen and oxygen atoms in total. The van der Waals surface area contributed by atoms with Gasteiger partial charge in [0.05, 0.1) is 24.3 Å². The maximum absolute atomic E-state index is 9.73. The van der Waals surface area contributed by atoms with Crippen molar-refractivity contribution < 1.29 is 9.47 Å². The standard InChI is InChI=1S/C20H15BrN4O2/c1-26-14-7-5-11(6-8-14)18-17-16(12-3-2-4-13(21)9-12)15(10-22)19(23)27-20(17)25-24-18/h2-9,16H,23H2,1H3,(H,24,25). The molecule has 0 bridgehead atoms. The molecule has 1 aromatic heterocycles. The van der Waals surface area contributed by atoms with E-state index in [4.69, 9.17) is 15.2 Å². The molecule has 7 heteroatoms. The molecule has 1 aliphatic rings. The predicted molar refractivity (Wildman–Crippen MR) is 104 cm³/mol. The molecule has 1 aliphatic heterocycles. The Hall–Kier alpha value is -3.24. The molecule has 3 aromatic rings. The normalized spacial score (nSPS) is 15.7. The molecule has 134 valence electrons. The Balaban J connectivity index is 1.92. The van der Waals surface area contributed by atoms with Crippen molar-refractivity contribution in [3.8, 4) is 29.0 Å². The second-order valence-corrected chi connectivity index (χ2v) is 6.94. The van der Waals surface area contributed by atoms with Gasteiger partial charge in [-0.1, -0.05) is 28.1 Å². The highest BCUT2D eigenvalue weighted by Crippen LogP contribution is 2.46. The lowest BCUT2D eigenvalue weighted by molar-refractivity contribution is 0.379. The molecule has 0 amide bonds. The largest absolute Gasteiger partial charge is 0.497 e. The highest BCUT2D eigenvalue weighted by molar-refractivity contribution is 9.10. The van der Waals surface area contributed by atoms with Crippen LogP contribution < -0.4 is 15.2 Å². The Kier molecular flexibility index (Phi) is 4.34. The molecule has 2 aromatic carbocycles. The molecular formula is C20H15BrN4O2. The smallest absolute Gasteiger partial charge is 0.244 e. The van der Waals surface area contributed by atoms with Crippen LogP contribution in [0.15, 0.2) is 64.5 Å². The lowest BCUT2D eigenvalue weighted by Crippen LogP contribution is -2.21. The molecule has 3 N–H and O–H groups in total. The SMILES string of the molecule is COc1ccc(-c2[nH]nc3c2C(c2cccc(Br)c2)C(C#N)=C(N)O3)cc1. The molecule has 0 aliphatic carbocycles. The average molecular weight is 423 g/mol. The fourth-order valence-electron chi connectivity index (χ4n) is 3.24. The van der Waals surface area contributed by atoms with Crippen molar-refractivity contribution in [1.29, 1.82) is 5.26 Å². The maximum atomic E-state index is 9.73. The van der Waals surface area contributed by atoms with Crippen LogP contribution in [-0.2, 0) is 0 Å². The van der Waals surface area contributed by atoms with Gasteiger partial charge >= 0.3 is 0 Å². The number of benzene rings is 2. The van der Waals surface area contributed by atoms with E-state index < -0.39 is 0 Å². The molecule has 0 saturated heterocycles. The number of halogens is 1. The van der Waals surface area contributed by atoms with Crippen LogP contribution in [0.4, 0.5) is 0 Å².